The first-order chi connectivity index (χ1) is 8.94. The quantitative estimate of drug-likeness (QED) is 0.731. The summed E-state index contributed by atoms with van der Waals surface area (Å²) < 4.78 is 0. The molecule has 1 aliphatic rings. The molecular weight excluding hydrogens is 262 g/mol. The van der Waals surface area contributed by atoms with Gasteiger partial charge in [-0.3, -0.25) is 9.59 Å². The van der Waals surface area contributed by atoms with E-state index in [1.165, 1.54) is 0 Å². The molecule has 1 saturated heterocycles. The van der Waals surface area contributed by atoms with Crippen LogP contribution in [0.5, 0.6) is 0 Å². The van der Waals surface area contributed by atoms with Crippen LogP contribution in [0, 0.1) is 11.3 Å². The number of nitrogens with zero attached hydrogens (tertiary/aromatic N) is 1. The fourth-order valence-corrected chi connectivity index (χ4v) is 3.43. The fraction of sp³-hybridized carbons (Fsp3) is 0.857. The molecule has 5 heteroatoms. The summed E-state index contributed by atoms with van der Waals surface area (Å²) in [6.45, 7) is 6.94. The predicted octanol–water partition coefficient (Wildman–Crippen LogP) is 2.48. The Kier molecular flexibility index (Phi) is 6.17. The van der Waals surface area contributed by atoms with E-state index in [9.17, 15) is 14.7 Å². The molecule has 0 aromatic carbocycles. The molecule has 1 heterocycles. The summed E-state index contributed by atoms with van der Waals surface area (Å²) in [5.41, 5.74) is -0.746. The second-order valence-corrected chi connectivity index (χ2v) is 6.69. The molecule has 0 radical (unpaired) electrons. The van der Waals surface area contributed by atoms with Crippen molar-refractivity contribution < 1.29 is 14.7 Å². The van der Waals surface area contributed by atoms with Gasteiger partial charge in [-0.15, -0.1) is 0 Å². The number of rotatable bonds is 7. The van der Waals surface area contributed by atoms with Crippen LogP contribution in [0.25, 0.3) is 0 Å². The van der Waals surface area contributed by atoms with Gasteiger partial charge < -0.3 is 10.0 Å². The molecular formula is C14H25NO3S. The fourth-order valence-electron chi connectivity index (χ4n) is 2.44. The van der Waals surface area contributed by atoms with Crippen LogP contribution in [0.15, 0.2) is 0 Å². The van der Waals surface area contributed by atoms with Gasteiger partial charge in [-0.2, -0.15) is 11.8 Å². The van der Waals surface area contributed by atoms with E-state index in [0.29, 0.717) is 25.3 Å². The highest BCUT2D eigenvalue weighted by Crippen LogP contribution is 2.38. The minimum absolute atomic E-state index is 0.0514. The van der Waals surface area contributed by atoms with Crippen LogP contribution in [-0.4, -0.2) is 46.5 Å². The number of hydrogen-bond acceptors (Lipinski definition) is 3. The number of amides is 1. The van der Waals surface area contributed by atoms with Crippen LogP contribution in [0.3, 0.4) is 0 Å². The average Bonchev–Trinajstić information content (AvgIpc) is 2.81. The molecule has 1 N–H and O–H groups in total. The van der Waals surface area contributed by atoms with Crippen molar-refractivity contribution in [2.24, 2.45) is 11.3 Å². The van der Waals surface area contributed by atoms with Gasteiger partial charge in [0, 0.05) is 13.1 Å². The van der Waals surface area contributed by atoms with Crippen molar-refractivity contribution in [3.63, 3.8) is 0 Å². The molecule has 0 aliphatic carbocycles. The van der Waals surface area contributed by atoms with E-state index in [1.54, 1.807) is 16.7 Å². The third kappa shape index (κ3) is 3.88. The lowest BCUT2D eigenvalue weighted by Gasteiger charge is -2.28. The minimum Gasteiger partial charge on any atom is -0.481 e. The molecule has 1 rings (SSSR count). The van der Waals surface area contributed by atoms with E-state index in [2.05, 4.69) is 6.92 Å². The molecule has 110 valence electrons. The van der Waals surface area contributed by atoms with Crippen molar-refractivity contribution in [3.05, 3.63) is 0 Å². The van der Waals surface area contributed by atoms with Crippen molar-refractivity contribution in [2.75, 3.05) is 24.6 Å². The molecule has 19 heavy (non-hydrogen) atoms. The smallest absolute Gasteiger partial charge is 0.311 e. The SMILES string of the molecule is CCCCSCC(=O)N1CCC(C(=O)O)(C(C)C)C1. The van der Waals surface area contributed by atoms with Gasteiger partial charge in [0.2, 0.25) is 5.91 Å². The number of thioether (sulfide) groups is 1. The highest BCUT2D eigenvalue weighted by Gasteiger charge is 2.48. The van der Waals surface area contributed by atoms with Gasteiger partial charge in [0.25, 0.3) is 0 Å². The Morgan fingerprint density at radius 3 is 2.58 bits per heavy atom. The van der Waals surface area contributed by atoms with Crippen molar-refractivity contribution in [2.45, 2.75) is 40.0 Å². The summed E-state index contributed by atoms with van der Waals surface area (Å²) in [6, 6.07) is 0. The summed E-state index contributed by atoms with van der Waals surface area (Å²) in [6.07, 6.45) is 2.84. The Bertz CT molecular complexity index is 333. The van der Waals surface area contributed by atoms with Gasteiger partial charge in [0.1, 0.15) is 0 Å². The molecule has 0 spiro atoms. The van der Waals surface area contributed by atoms with Gasteiger partial charge in [-0.05, 0) is 24.5 Å². The number of carbonyl (C=O) groups is 2. The van der Waals surface area contributed by atoms with E-state index in [-0.39, 0.29) is 11.8 Å². The summed E-state index contributed by atoms with van der Waals surface area (Å²) in [5, 5.41) is 9.44. The van der Waals surface area contributed by atoms with E-state index in [4.69, 9.17) is 0 Å². The monoisotopic (exact) mass is 287 g/mol. The molecule has 1 aliphatic heterocycles. The van der Waals surface area contributed by atoms with E-state index < -0.39 is 11.4 Å². The first kappa shape index (κ1) is 16.3. The Balaban J connectivity index is 2.50. The summed E-state index contributed by atoms with van der Waals surface area (Å²) >= 11 is 1.65. The van der Waals surface area contributed by atoms with Crippen LogP contribution < -0.4 is 0 Å². The topological polar surface area (TPSA) is 57.6 Å². The maximum absolute atomic E-state index is 12.1. The Labute approximate surface area is 119 Å². The molecule has 0 saturated carbocycles. The number of unbranched alkanes of at least 4 members (excludes halogenated alkanes) is 1. The summed E-state index contributed by atoms with van der Waals surface area (Å²) in [4.78, 5) is 25.3. The Morgan fingerprint density at radius 1 is 1.42 bits per heavy atom. The zero-order valence-corrected chi connectivity index (χ0v) is 13.0. The van der Waals surface area contributed by atoms with Gasteiger partial charge in [0.15, 0.2) is 0 Å². The van der Waals surface area contributed by atoms with Crippen molar-refractivity contribution >= 4 is 23.6 Å². The number of aliphatic carboxylic acids is 1. The van der Waals surface area contributed by atoms with Crippen LogP contribution in [0.4, 0.5) is 0 Å². The van der Waals surface area contributed by atoms with Crippen molar-refractivity contribution in [3.8, 4) is 0 Å². The average molecular weight is 287 g/mol. The lowest BCUT2D eigenvalue weighted by molar-refractivity contribution is -0.151. The second kappa shape index (κ2) is 7.17. The molecule has 0 aromatic heterocycles. The highest BCUT2D eigenvalue weighted by atomic mass is 32.2. The normalized spacial score (nSPS) is 23.1. The molecule has 1 amide bonds. The number of carbonyl (C=O) groups excluding carboxylic acids is 1. The van der Waals surface area contributed by atoms with E-state index >= 15 is 0 Å². The third-order valence-corrected chi connectivity index (χ3v) is 5.08. The molecule has 1 fully saturated rings. The maximum atomic E-state index is 12.1. The van der Waals surface area contributed by atoms with Crippen LogP contribution in [0.2, 0.25) is 0 Å². The third-order valence-electron chi connectivity index (χ3n) is 4.05. The van der Waals surface area contributed by atoms with E-state index in [1.807, 2.05) is 13.8 Å². The molecule has 0 aromatic rings. The lowest BCUT2D eigenvalue weighted by atomic mass is 9.76. The van der Waals surface area contributed by atoms with Crippen molar-refractivity contribution in [1.82, 2.24) is 4.90 Å². The number of likely N-dealkylation sites (tertiary alicyclic amines) is 1. The second-order valence-electron chi connectivity index (χ2n) is 5.59. The zero-order valence-electron chi connectivity index (χ0n) is 12.1. The highest BCUT2D eigenvalue weighted by molar-refractivity contribution is 7.99. The summed E-state index contributed by atoms with van der Waals surface area (Å²) in [7, 11) is 0. The van der Waals surface area contributed by atoms with Crippen LogP contribution in [-0.2, 0) is 9.59 Å². The maximum Gasteiger partial charge on any atom is 0.311 e. The molecule has 1 atom stereocenters. The zero-order chi connectivity index (χ0) is 14.5. The Hall–Kier alpha value is -0.710. The molecule has 4 nitrogen and oxygen atoms in total. The Morgan fingerprint density at radius 2 is 2.11 bits per heavy atom. The standard InChI is InChI=1S/C14H25NO3S/c1-4-5-8-19-9-12(16)15-7-6-14(10-15,11(2)3)13(17)18/h11H,4-10H2,1-3H3,(H,17,18). The minimum atomic E-state index is -0.767. The van der Waals surface area contributed by atoms with Gasteiger partial charge in [0.05, 0.1) is 11.2 Å². The predicted molar refractivity (Wildman–Crippen MR) is 78.3 cm³/mol. The molecule has 1 unspecified atom stereocenters. The van der Waals surface area contributed by atoms with Gasteiger partial charge in [-0.25, -0.2) is 0 Å². The first-order valence-corrected chi connectivity index (χ1v) is 8.18. The van der Waals surface area contributed by atoms with Crippen LogP contribution in [0.1, 0.15) is 40.0 Å². The largest absolute Gasteiger partial charge is 0.481 e. The first-order valence-electron chi connectivity index (χ1n) is 7.03. The van der Waals surface area contributed by atoms with Crippen molar-refractivity contribution in [1.29, 1.82) is 0 Å². The number of carboxylic acids is 1. The lowest BCUT2D eigenvalue weighted by Crippen LogP contribution is -2.41. The van der Waals surface area contributed by atoms with E-state index in [0.717, 1.165) is 18.6 Å². The van der Waals surface area contributed by atoms with Crippen LogP contribution >= 0.6 is 11.8 Å². The number of carboxylic acid groups (broad SMARTS) is 1. The van der Waals surface area contributed by atoms with Gasteiger partial charge in [-0.1, -0.05) is 27.2 Å². The number of hydrogen-bond donors (Lipinski definition) is 1. The van der Waals surface area contributed by atoms with Gasteiger partial charge >= 0.3 is 5.97 Å². The summed E-state index contributed by atoms with van der Waals surface area (Å²) in [5.74, 6) is 0.856. The molecule has 0 bridgehead atoms.